The second kappa shape index (κ2) is 13.6. The number of halogens is 8. The van der Waals surface area contributed by atoms with Gasteiger partial charge in [0.05, 0.1) is 28.7 Å². The van der Waals surface area contributed by atoms with Gasteiger partial charge in [-0.2, -0.15) is 26.3 Å². The van der Waals surface area contributed by atoms with Crippen molar-refractivity contribution in [1.29, 1.82) is 0 Å². The first-order valence-electron chi connectivity index (χ1n) is 12.4. The van der Waals surface area contributed by atoms with E-state index in [1.807, 2.05) is 13.0 Å². The molecule has 1 amide bonds. The highest BCUT2D eigenvalue weighted by atomic mass is 35.5. The van der Waals surface area contributed by atoms with Crippen LogP contribution in [0, 0.1) is 6.92 Å². The van der Waals surface area contributed by atoms with Crippen LogP contribution in [-0.4, -0.2) is 33.9 Å². The second-order valence-electron chi connectivity index (χ2n) is 9.67. The molecule has 8 nitrogen and oxygen atoms in total. The number of carbonyl (C=O) groups excluding carboxylic acids is 1. The quantitative estimate of drug-likeness (QED) is 0.154. The van der Waals surface area contributed by atoms with E-state index in [0.29, 0.717) is 28.9 Å². The second-order valence-corrected chi connectivity index (χ2v) is 9.67. The molecule has 0 aliphatic heterocycles. The van der Waals surface area contributed by atoms with E-state index in [1.165, 1.54) is 0 Å². The number of amides is 1. The normalized spacial score (nSPS) is 17.0. The molecule has 0 unspecified atom stereocenters. The monoisotopic (exact) mass is 639 g/mol. The summed E-state index contributed by atoms with van der Waals surface area (Å²) in [5.74, 6) is -0.901. The first kappa shape index (κ1) is 34.7. The average molecular weight is 640 g/mol. The molecule has 2 aromatic carbocycles. The highest BCUT2D eigenvalue weighted by Crippen LogP contribution is 2.36. The van der Waals surface area contributed by atoms with Crippen molar-refractivity contribution < 1.29 is 31.1 Å². The number of hydrogen-bond donors (Lipinski definition) is 4. The van der Waals surface area contributed by atoms with E-state index in [9.17, 15) is 31.1 Å². The number of nitrogens with one attached hydrogen (secondary N) is 2. The lowest BCUT2D eigenvalue weighted by atomic mass is 9.90. The number of aryl methyl sites for hydroxylation is 1. The maximum Gasteiger partial charge on any atom is 0.416 e. The largest absolute Gasteiger partial charge is 0.416 e. The number of fused-ring (bicyclic) bond motifs is 1. The standard InChI is InChI=1S/C26H27F6N7O.2ClH/c1-13-6-7-18-17(8-13)21(37-19-4-2-3-5-20(19)38-24(33)34)39-22(36-18)23(40)35-12-14-9-15(25(27,28)29)11-16(10-14)26(30,31)32;;/h6-11,19-20H,2-5,12H2,1H3,(H,35,40)(H4,33,34,38)(H,36,37,39);2*1H/t19-,20+;;/m0../s1. The predicted octanol–water partition coefficient (Wildman–Crippen LogP) is 5.75. The Bertz CT molecular complexity index is 1410. The number of aromatic nitrogens is 2. The number of hydrogen-bond acceptors (Lipinski definition) is 5. The molecule has 0 bridgehead atoms. The summed E-state index contributed by atoms with van der Waals surface area (Å²) in [5.41, 5.74) is 9.19. The van der Waals surface area contributed by atoms with Crippen LogP contribution in [0.1, 0.15) is 58.6 Å². The van der Waals surface area contributed by atoms with Crippen LogP contribution in [0.4, 0.5) is 32.2 Å². The smallest absolute Gasteiger partial charge is 0.370 e. The van der Waals surface area contributed by atoms with Gasteiger partial charge in [0.1, 0.15) is 5.82 Å². The Balaban J connectivity index is 0.00000308. The molecular weight excluding hydrogens is 611 g/mol. The van der Waals surface area contributed by atoms with Gasteiger partial charge < -0.3 is 22.1 Å². The fourth-order valence-corrected chi connectivity index (χ4v) is 4.64. The third kappa shape index (κ3) is 8.51. The molecule has 6 N–H and O–H groups in total. The van der Waals surface area contributed by atoms with Crippen LogP contribution < -0.4 is 22.1 Å². The Labute approximate surface area is 249 Å². The number of carbonyl (C=O) groups is 1. The molecule has 1 aromatic heterocycles. The van der Waals surface area contributed by atoms with Gasteiger partial charge in [0.25, 0.3) is 5.91 Å². The van der Waals surface area contributed by atoms with E-state index < -0.39 is 35.9 Å². The van der Waals surface area contributed by atoms with Crippen LogP contribution in [0.2, 0.25) is 0 Å². The first-order chi connectivity index (χ1) is 18.7. The average Bonchev–Trinajstić information content (AvgIpc) is 2.87. The summed E-state index contributed by atoms with van der Waals surface area (Å²) >= 11 is 0. The lowest BCUT2D eigenvalue weighted by Gasteiger charge is -2.30. The summed E-state index contributed by atoms with van der Waals surface area (Å²) in [4.78, 5) is 25.9. The van der Waals surface area contributed by atoms with E-state index in [0.717, 1.165) is 31.2 Å². The highest BCUT2D eigenvalue weighted by molar-refractivity contribution is 5.96. The SMILES string of the molecule is Cc1ccc2nc(C(=O)NCc3cc(C(F)(F)F)cc(C(F)(F)F)c3)nc(N[C@H]3CCCC[C@H]3N=C(N)N)c2c1.Cl.Cl. The summed E-state index contributed by atoms with van der Waals surface area (Å²) < 4.78 is 79.2. The molecule has 1 fully saturated rings. The van der Waals surface area contributed by atoms with Crippen molar-refractivity contribution in [3.05, 3.63) is 64.5 Å². The van der Waals surface area contributed by atoms with Gasteiger partial charge in [0, 0.05) is 11.9 Å². The minimum absolute atomic E-state index is 0. The van der Waals surface area contributed by atoms with Gasteiger partial charge in [-0.05, 0) is 55.7 Å². The summed E-state index contributed by atoms with van der Waals surface area (Å²) in [6.07, 6.45) is -6.69. The van der Waals surface area contributed by atoms with Crippen molar-refractivity contribution in [2.75, 3.05) is 5.32 Å². The Morgan fingerprint density at radius 2 is 1.57 bits per heavy atom. The van der Waals surface area contributed by atoms with Crippen LogP contribution in [0.15, 0.2) is 41.4 Å². The van der Waals surface area contributed by atoms with Crippen molar-refractivity contribution in [3.63, 3.8) is 0 Å². The van der Waals surface area contributed by atoms with Crippen LogP contribution in [0.5, 0.6) is 0 Å². The number of benzene rings is 2. The van der Waals surface area contributed by atoms with Gasteiger partial charge in [-0.3, -0.25) is 4.79 Å². The zero-order chi connectivity index (χ0) is 29.2. The van der Waals surface area contributed by atoms with Crippen molar-refractivity contribution >= 4 is 53.4 Å². The van der Waals surface area contributed by atoms with Crippen molar-refractivity contribution in [3.8, 4) is 0 Å². The fraction of sp³-hybridized carbons (Fsp3) is 0.385. The summed E-state index contributed by atoms with van der Waals surface area (Å²) in [6, 6.07) is 6.01. The molecule has 1 heterocycles. The van der Waals surface area contributed by atoms with E-state index in [2.05, 4.69) is 25.6 Å². The Kier molecular flexibility index (Phi) is 11.3. The zero-order valence-electron chi connectivity index (χ0n) is 22.1. The number of rotatable bonds is 6. The molecule has 1 aliphatic carbocycles. The fourth-order valence-electron chi connectivity index (χ4n) is 4.64. The molecule has 0 saturated heterocycles. The molecular formula is C26H29Cl2F6N7O. The van der Waals surface area contributed by atoms with Crippen molar-refractivity contribution in [1.82, 2.24) is 15.3 Å². The number of alkyl halides is 6. The van der Waals surface area contributed by atoms with E-state index in [1.54, 1.807) is 12.1 Å². The lowest BCUT2D eigenvalue weighted by Crippen LogP contribution is -2.38. The summed E-state index contributed by atoms with van der Waals surface area (Å²) in [6.45, 7) is 1.26. The predicted molar refractivity (Wildman–Crippen MR) is 152 cm³/mol. The molecule has 0 spiro atoms. The highest BCUT2D eigenvalue weighted by Gasteiger charge is 2.37. The summed E-state index contributed by atoms with van der Waals surface area (Å²) in [5, 5.41) is 6.28. The molecule has 230 valence electrons. The van der Waals surface area contributed by atoms with Crippen LogP contribution in [0.3, 0.4) is 0 Å². The number of aliphatic imine (C=N–C) groups is 1. The zero-order valence-corrected chi connectivity index (χ0v) is 23.8. The first-order valence-corrected chi connectivity index (χ1v) is 12.4. The van der Waals surface area contributed by atoms with Gasteiger partial charge in [-0.1, -0.05) is 24.5 Å². The molecule has 0 radical (unpaired) electrons. The molecule has 1 aliphatic rings. The number of nitrogens with zero attached hydrogens (tertiary/aromatic N) is 3. The van der Waals surface area contributed by atoms with Gasteiger partial charge in [-0.25, -0.2) is 15.0 Å². The maximum atomic E-state index is 13.2. The van der Waals surface area contributed by atoms with Crippen LogP contribution >= 0.6 is 24.8 Å². The van der Waals surface area contributed by atoms with Crippen LogP contribution in [0.25, 0.3) is 10.9 Å². The molecule has 3 aromatic rings. The molecule has 1 saturated carbocycles. The molecule has 16 heteroatoms. The third-order valence-electron chi connectivity index (χ3n) is 6.52. The third-order valence-corrected chi connectivity index (χ3v) is 6.52. The van der Waals surface area contributed by atoms with E-state index in [4.69, 9.17) is 11.5 Å². The van der Waals surface area contributed by atoms with Gasteiger partial charge >= 0.3 is 12.4 Å². The van der Waals surface area contributed by atoms with Crippen LogP contribution in [-0.2, 0) is 18.9 Å². The molecule has 2 atom stereocenters. The van der Waals surface area contributed by atoms with Crippen molar-refractivity contribution in [2.45, 2.75) is 63.6 Å². The Hall–Kier alpha value is -3.52. The lowest BCUT2D eigenvalue weighted by molar-refractivity contribution is -0.143. The Morgan fingerprint density at radius 1 is 0.952 bits per heavy atom. The van der Waals surface area contributed by atoms with Gasteiger partial charge in [0.15, 0.2) is 5.96 Å². The minimum Gasteiger partial charge on any atom is -0.370 e. The summed E-state index contributed by atoms with van der Waals surface area (Å²) in [7, 11) is 0. The maximum absolute atomic E-state index is 13.2. The van der Waals surface area contributed by atoms with E-state index >= 15 is 0 Å². The minimum atomic E-state index is -5.00. The van der Waals surface area contributed by atoms with Gasteiger partial charge in [-0.15, -0.1) is 24.8 Å². The topological polar surface area (TPSA) is 131 Å². The number of nitrogens with two attached hydrogens (primary N) is 2. The van der Waals surface area contributed by atoms with E-state index in [-0.39, 0.29) is 60.3 Å². The van der Waals surface area contributed by atoms with Gasteiger partial charge in [0.2, 0.25) is 5.82 Å². The van der Waals surface area contributed by atoms with Crippen molar-refractivity contribution in [2.24, 2.45) is 16.5 Å². The molecule has 4 rings (SSSR count). The Morgan fingerprint density at radius 3 is 2.17 bits per heavy atom. The number of anilines is 1. The number of guanidine groups is 1. The molecule has 42 heavy (non-hydrogen) atoms.